The van der Waals surface area contributed by atoms with E-state index in [-0.39, 0.29) is 25.7 Å². The van der Waals surface area contributed by atoms with E-state index in [1.165, 1.54) is 89.9 Å². The van der Waals surface area contributed by atoms with E-state index >= 15 is 0 Å². The normalized spacial score (nSPS) is 14.4. The van der Waals surface area contributed by atoms with Crippen molar-refractivity contribution in [3.05, 3.63) is 0 Å². The molecule has 2 unspecified atom stereocenters. The minimum atomic E-state index is -4.94. The van der Waals surface area contributed by atoms with Crippen LogP contribution >= 0.6 is 15.6 Å². The average Bonchev–Trinajstić information content (AvgIpc) is 3.39. The fraction of sp³-hybridized carbons (Fsp3) is 0.932. The van der Waals surface area contributed by atoms with Crippen LogP contribution in [0.2, 0.25) is 0 Å². The number of carbonyl (C=O) groups excluding carboxylic acids is 4. The van der Waals surface area contributed by atoms with Gasteiger partial charge in [0.25, 0.3) is 0 Å². The van der Waals surface area contributed by atoms with Crippen molar-refractivity contribution in [3.8, 4) is 0 Å². The van der Waals surface area contributed by atoms with Crippen LogP contribution in [0.1, 0.15) is 286 Å². The zero-order chi connectivity index (χ0) is 58.0. The molecule has 0 spiro atoms. The summed E-state index contributed by atoms with van der Waals surface area (Å²) in [5, 5.41) is 10.4. The quantitative estimate of drug-likeness (QED) is 0.0222. The first-order chi connectivity index (χ1) is 37.4. The molecule has 0 aromatic carbocycles. The molecule has 0 aliphatic carbocycles. The van der Waals surface area contributed by atoms with Crippen LogP contribution in [0.3, 0.4) is 0 Å². The molecule has 0 saturated carbocycles. The summed E-state index contributed by atoms with van der Waals surface area (Å²) in [4.78, 5) is 71.4. The van der Waals surface area contributed by atoms with Gasteiger partial charge in [-0.2, -0.15) is 0 Å². The Balaban J connectivity index is 5.04. The molecule has 78 heavy (non-hydrogen) atoms. The summed E-state index contributed by atoms with van der Waals surface area (Å²) < 4.78 is 67.3. The Bertz CT molecular complexity index is 1550. The van der Waals surface area contributed by atoms with Crippen LogP contribution in [0.5, 0.6) is 0 Å². The van der Waals surface area contributed by atoms with Gasteiger partial charge in [-0.15, -0.1) is 0 Å². The van der Waals surface area contributed by atoms with Gasteiger partial charge >= 0.3 is 39.5 Å². The van der Waals surface area contributed by atoms with E-state index in [0.29, 0.717) is 31.6 Å². The minimum Gasteiger partial charge on any atom is -0.462 e. The van der Waals surface area contributed by atoms with E-state index in [1.807, 2.05) is 0 Å². The summed E-state index contributed by atoms with van der Waals surface area (Å²) >= 11 is 0. The molecule has 5 atom stereocenters. The van der Waals surface area contributed by atoms with Gasteiger partial charge in [0.05, 0.1) is 26.4 Å². The van der Waals surface area contributed by atoms with Crippen molar-refractivity contribution in [2.24, 2.45) is 11.8 Å². The van der Waals surface area contributed by atoms with Gasteiger partial charge in [0, 0.05) is 25.7 Å². The molecular formula is C59H114O17P2. The molecule has 0 rings (SSSR count). The van der Waals surface area contributed by atoms with Crippen molar-refractivity contribution in [1.82, 2.24) is 0 Å². The highest BCUT2D eigenvalue weighted by Crippen LogP contribution is 2.45. The molecule has 17 nitrogen and oxygen atoms in total. The summed E-state index contributed by atoms with van der Waals surface area (Å²) in [6.45, 7) is 9.22. The standard InChI is InChI=1S/C59H114O17P2/c1-7-9-11-27-35-41-56(61)69-47-54(75-58(63)43-37-28-12-10-8-2)49-73-77(65,66)71-45-53(60)46-72-78(67,68)74-50-55(48-70-57(62)42-36-31-26-25-30-34-40-52(5)6)76-59(64)44-38-32-24-22-20-18-16-14-13-15-17-19-21-23-29-33-39-51(3)4/h51-55,60H,7-50H2,1-6H3,(H,65,66)(H,67,68)/t53-,54+,55+/m0/s1. The second kappa shape index (κ2) is 51.9. The smallest absolute Gasteiger partial charge is 0.462 e. The van der Waals surface area contributed by atoms with E-state index in [0.717, 1.165) is 109 Å². The molecule has 0 aromatic heterocycles. The molecule has 0 amide bonds. The first kappa shape index (κ1) is 76.1. The van der Waals surface area contributed by atoms with Gasteiger partial charge < -0.3 is 33.8 Å². The van der Waals surface area contributed by atoms with Gasteiger partial charge in [0.1, 0.15) is 19.3 Å². The van der Waals surface area contributed by atoms with Crippen LogP contribution in [0.25, 0.3) is 0 Å². The Kier molecular flexibility index (Phi) is 50.6. The number of unbranched alkanes of at least 4 members (excludes halogenated alkanes) is 28. The van der Waals surface area contributed by atoms with Crippen molar-refractivity contribution in [3.63, 3.8) is 0 Å². The van der Waals surface area contributed by atoms with Crippen LogP contribution in [0.4, 0.5) is 0 Å². The van der Waals surface area contributed by atoms with Gasteiger partial charge in [-0.3, -0.25) is 37.3 Å². The molecule has 0 saturated heterocycles. The largest absolute Gasteiger partial charge is 0.472 e. The lowest BCUT2D eigenvalue weighted by atomic mass is 10.0. The number of carbonyl (C=O) groups is 4. The molecule has 0 aliphatic rings. The fourth-order valence-corrected chi connectivity index (χ4v) is 10.2. The Morgan fingerprint density at radius 2 is 0.590 bits per heavy atom. The van der Waals surface area contributed by atoms with Crippen molar-refractivity contribution in [2.45, 2.75) is 304 Å². The first-order valence-electron chi connectivity index (χ1n) is 31.0. The predicted octanol–water partition coefficient (Wildman–Crippen LogP) is 15.7. The highest BCUT2D eigenvalue weighted by atomic mass is 31.2. The highest BCUT2D eigenvalue weighted by Gasteiger charge is 2.30. The maximum atomic E-state index is 12.9. The fourth-order valence-electron chi connectivity index (χ4n) is 8.65. The third-order valence-corrected chi connectivity index (χ3v) is 15.4. The Morgan fingerprint density at radius 1 is 0.346 bits per heavy atom. The second-order valence-electron chi connectivity index (χ2n) is 22.3. The SMILES string of the molecule is CCCCCCCC(=O)OC[C@H](COP(=O)(O)OC[C@H](O)COP(=O)(O)OC[C@@H](COC(=O)CCCCCCCCC(C)C)OC(=O)CCCCCCCCCCCCCCCCCCC(C)C)OC(=O)CCCCCCC. The number of hydrogen-bond acceptors (Lipinski definition) is 15. The Labute approximate surface area is 473 Å². The van der Waals surface area contributed by atoms with Gasteiger partial charge in [-0.1, -0.05) is 234 Å². The number of esters is 4. The summed E-state index contributed by atoms with van der Waals surface area (Å²) in [5.74, 6) is -0.677. The Hall–Kier alpha value is -1.94. The zero-order valence-corrected chi connectivity index (χ0v) is 51.7. The van der Waals surface area contributed by atoms with Crippen LogP contribution < -0.4 is 0 Å². The van der Waals surface area contributed by atoms with Crippen LogP contribution in [-0.4, -0.2) is 96.7 Å². The Morgan fingerprint density at radius 3 is 0.872 bits per heavy atom. The minimum absolute atomic E-state index is 0.0984. The number of hydrogen-bond donors (Lipinski definition) is 3. The van der Waals surface area contributed by atoms with Gasteiger partial charge in [-0.05, 0) is 37.5 Å². The highest BCUT2D eigenvalue weighted by molar-refractivity contribution is 7.47. The molecule has 0 fully saturated rings. The second-order valence-corrected chi connectivity index (χ2v) is 25.2. The van der Waals surface area contributed by atoms with Crippen LogP contribution in [0, 0.1) is 11.8 Å². The number of phosphoric ester groups is 2. The predicted molar refractivity (Wildman–Crippen MR) is 308 cm³/mol. The van der Waals surface area contributed by atoms with Gasteiger partial charge in [0.2, 0.25) is 0 Å². The maximum absolute atomic E-state index is 12.9. The monoisotopic (exact) mass is 1160 g/mol. The number of ether oxygens (including phenoxy) is 4. The van der Waals surface area contributed by atoms with E-state index in [4.69, 9.17) is 37.0 Å². The zero-order valence-electron chi connectivity index (χ0n) is 50.0. The molecule has 462 valence electrons. The number of phosphoric acid groups is 2. The summed E-state index contributed by atoms with van der Waals surface area (Å²) in [5.41, 5.74) is 0. The summed E-state index contributed by atoms with van der Waals surface area (Å²) in [7, 11) is -9.86. The van der Waals surface area contributed by atoms with Crippen molar-refractivity contribution in [1.29, 1.82) is 0 Å². The van der Waals surface area contributed by atoms with Crippen molar-refractivity contribution < 1.29 is 80.2 Å². The molecule has 0 aliphatic heterocycles. The summed E-state index contributed by atoms with van der Waals surface area (Å²) in [6, 6.07) is 0. The molecule has 19 heteroatoms. The van der Waals surface area contributed by atoms with E-state index in [2.05, 4.69) is 41.5 Å². The molecule has 0 radical (unpaired) electrons. The van der Waals surface area contributed by atoms with E-state index < -0.39 is 97.5 Å². The molecule has 0 heterocycles. The van der Waals surface area contributed by atoms with Crippen LogP contribution in [-0.2, 0) is 65.4 Å². The number of rotatable bonds is 58. The maximum Gasteiger partial charge on any atom is 0.472 e. The van der Waals surface area contributed by atoms with E-state index in [9.17, 15) is 43.2 Å². The van der Waals surface area contributed by atoms with Crippen molar-refractivity contribution >= 4 is 39.5 Å². The molecule has 0 bridgehead atoms. The number of aliphatic hydroxyl groups is 1. The lowest BCUT2D eigenvalue weighted by Crippen LogP contribution is -2.30. The molecule has 0 aromatic rings. The summed E-state index contributed by atoms with van der Waals surface area (Å²) in [6.07, 6.45) is 33.1. The van der Waals surface area contributed by atoms with Gasteiger partial charge in [-0.25, -0.2) is 9.13 Å². The lowest BCUT2D eigenvalue weighted by Gasteiger charge is -2.21. The van der Waals surface area contributed by atoms with Crippen molar-refractivity contribution in [2.75, 3.05) is 39.6 Å². The molecular weight excluding hydrogens is 1040 g/mol. The first-order valence-corrected chi connectivity index (χ1v) is 34.0. The third kappa shape index (κ3) is 53.4. The lowest BCUT2D eigenvalue weighted by molar-refractivity contribution is -0.161. The average molecular weight is 1160 g/mol. The molecule has 3 N–H and O–H groups in total. The topological polar surface area (TPSA) is 237 Å². The third-order valence-electron chi connectivity index (χ3n) is 13.5. The van der Waals surface area contributed by atoms with Gasteiger partial charge in [0.15, 0.2) is 12.2 Å². The van der Waals surface area contributed by atoms with Crippen LogP contribution in [0.15, 0.2) is 0 Å². The number of aliphatic hydroxyl groups excluding tert-OH is 1. The van der Waals surface area contributed by atoms with E-state index in [1.54, 1.807) is 0 Å².